The highest BCUT2D eigenvalue weighted by atomic mass is 16.5. The van der Waals surface area contributed by atoms with Crippen LogP contribution in [0.4, 0.5) is 0 Å². The molecule has 1 saturated heterocycles. The summed E-state index contributed by atoms with van der Waals surface area (Å²) >= 11 is 0. The van der Waals surface area contributed by atoms with Crippen LogP contribution in [0.25, 0.3) is 0 Å². The Hall–Kier alpha value is -1.86. The normalized spacial score (nSPS) is 23.5. The van der Waals surface area contributed by atoms with Gasteiger partial charge in [0, 0.05) is 5.41 Å². The highest BCUT2D eigenvalue weighted by molar-refractivity contribution is 5.40. The van der Waals surface area contributed by atoms with E-state index in [9.17, 15) is 0 Å². The van der Waals surface area contributed by atoms with E-state index in [1.165, 1.54) is 36.8 Å². The minimum absolute atomic E-state index is 0.00571. The smallest absolute Gasteiger partial charge is 0.0786 e. The second kappa shape index (κ2) is 6.94. The average molecular weight is 318 g/mol. The third-order valence-electron chi connectivity index (χ3n) is 5.76. The van der Waals surface area contributed by atoms with Gasteiger partial charge in [-0.3, -0.25) is 0 Å². The van der Waals surface area contributed by atoms with E-state index >= 15 is 0 Å². The first kappa shape index (κ1) is 15.7. The van der Waals surface area contributed by atoms with Gasteiger partial charge in [0.2, 0.25) is 0 Å². The predicted molar refractivity (Wildman–Crippen MR) is 99.2 cm³/mol. The van der Waals surface area contributed by atoms with Gasteiger partial charge in [-0.15, -0.1) is 0 Å². The molecule has 2 aromatic carbocycles. The highest BCUT2D eigenvalue weighted by Crippen LogP contribution is 2.42. The van der Waals surface area contributed by atoms with E-state index in [0.717, 1.165) is 19.4 Å². The zero-order chi connectivity index (χ0) is 16.2. The monoisotopic (exact) mass is 318 g/mol. The Morgan fingerprint density at radius 1 is 0.833 bits per heavy atom. The number of rotatable bonds is 3. The standard InChI is InChI=1S/C23H26O/c1-4-10-19(11-5-1)22-16-17-23(18-24-22,20-12-6-2-7-13-20)21-14-8-3-9-15-21/h2-3,6-10,12-15,22H,1,4-5,11,16-18H2. The Kier molecular flexibility index (Phi) is 4.53. The Bertz CT molecular complexity index is 637. The van der Waals surface area contributed by atoms with Crippen molar-refractivity contribution in [2.45, 2.75) is 50.0 Å². The number of hydrogen-bond acceptors (Lipinski definition) is 1. The third-order valence-corrected chi connectivity index (χ3v) is 5.76. The van der Waals surface area contributed by atoms with Gasteiger partial charge >= 0.3 is 0 Å². The van der Waals surface area contributed by atoms with E-state index in [4.69, 9.17) is 4.74 Å². The van der Waals surface area contributed by atoms with Gasteiger partial charge in [-0.1, -0.05) is 66.7 Å². The van der Waals surface area contributed by atoms with Crippen molar-refractivity contribution in [3.05, 3.63) is 83.4 Å². The fraction of sp³-hybridized carbons (Fsp3) is 0.391. The molecule has 0 spiro atoms. The number of allylic oxidation sites excluding steroid dienone is 1. The van der Waals surface area contributed by atoms with Crippen LogP contribution in [0.15, 0.2) is 72.3 Å². The molecule has 24 heavy (non-hydrogen) atoms. The lowest BCUT2D eigenvalue weighted by atomic mass is 9.69. The molecule has 124 valence electrons. The molecule has 1 atom stereocenters. The predicted octanol–water partition coefficient (Wildman–Crippen LogP) is 5.65. The molecule has 1 heteroatoms. The summed E-state index contributed by atoms with van der Waals surface area (Å²) in [4.78, 5) is 0. The topological polar surface area (TPSA) is 9.23 Å². The second-order valence-electron chi connectivity index (χ2n) is 7.18. The lowest BCUT2D eigenvalue weighted by Gasteiger charge is -2.42. The van der Waals surface area contributed by atoms with E-state index in [0.29, 0.717) is 6.10 Å². The quantitative estimate of drug-likeness (QED) is 0.664. The van der Waals surface area contributed by atoms with Crippen LogP contribution in [-0.2, 0) is 10.2 Å². The molecule has 1 aliphatic carbocycles. The molecule has 1 unspecified atom stereocenters. The Morgan fingerprint density at radius 3 is 2.00 bits per heavy atom. The summed E-state index contributed by atoms with van der Waals surface area (Å²) in [6.07, 6.45) is 10.2. The Labute approximate surface area is 145 Å². The van der Waals surface area contributed by atoms with Crippen LogP contribution < -0.4 is 0 Å². The van der Waals surface area contributed by atoms with Gasteiger partial charge < -0.3 is 4.74 Å². The van der Waals surface area contributed by atoms with Crippen molar-refractivity contribution in [3.8, 4) is 0 Å². The number of ether oxygens (including phenoxy) is 1. The van der Waals surface area contributed by atoms with Crippen molar-refractivity contribution >= 4 is 0 Å². The van der Waals surface area contributed by atoms with Crippen molar-refractivity contribution in [1.82, 2.24) is 0 Å². The highest BCUT2D eigenvalue weighted by Gasteiger charge is 2.39. The summed E-state index contributed by atoms with van der Waals surface area (Å²) in [7, 11) is 0. The maximum atomic E-state index is 6.47. The van der Waals surface area contributed by atoms with Crippen LogP contribution in [0.3, 0.4) is 0 Å². The van der Waals surface area contributed by atoms with E-state index < -0.39 is 0 Å². The maximum Gasteiger partial charge on any atom is 0.0786 e. The fourth-order valence-corrected chi connectivity index (χ4v) is 4.36. The van der Waals surface area contributed by atoms with Gasteiger partial charge in [-0.25, -0.2) is 0 Å². The van der Waals surface area contributed by atoms with Crippen LogP contribution in [0.1, 0.15) is 49.7 Å². The minimum atomic E-state index is -0.00571. The van der Waals surface area contributed by atoms with Crippen molar-refractivity contribution in [3.63, 3.8) is 0 Å². The lowest BCUT2D eigenvalue weighted by Crippen LogP contribution is -2.41. The van der Waals surface area contributed by atoms with Crippen LogP contribution in [-0.4, -0.2) is 12.7 Å². The van der Waals surface area contributed by atoms with E-state index in [2.05, 4.69) is 66.7 Å². The van der Waals surface area contributed by atoms with Gasteiger partial charge in [-0.2, -0.15) is 0 Å². The number of benzene rings is 2. The molecule has 1 heterocycles. The molecule has 1 aliphatic heterocycles. The minimum Gasteiger partial charge on any atom is -0.373 e. The molecule has 2 aromatic rings. The van der Waals surface area contributed by atoms with Crippen LogP contribution in [0, 0.1) is 0 Å². The fourth-order valence-electron chi connectivity index (χ4n) is 4.36. The molecule has 1 nitrogen and oxygen atoms in total. The molecule has 0 bridgehead atoms. The van der Waals surface area contributed by atoms with Crippen molar-refractivity contribution in [1.29, 1.82) is 0 Å². The molecule has 0 aromatic heterocycles. The largest absolute Gasteiger partial charge is 0.373 e. The summed E-state index contributed by atoms with van der Waals surface area (Å²) in [6, 6.07) is 21.8. The van der Waals surface area contributed by atoms with Gasteiger partial charge in [0.1, 0.15) is 0 Å². The van der Waals surface area contributed by atoms with Crippen LogP contribution >= 0.6 is 0 Å². The van der Waals surface area contributed by atoms with Gasteiger partial charge in [0.25, 0.3) is 0 Å². The van der Waals surface area contributed by atoms with Crippen LogP contribution in [0.2, 0.25) is 0 Å². The molecule has 0 saturated carbocycles. The molecular formula is C23H26O. The van der Waals surface area contributed by atoms with Crippen molar-refractivity contribution in [2.75, 3.05) is 6.61 Å². The lowest BCUT2D eigenvalue weighted by molar-refractivity contribution is -0.00117. The first-order chi connectivity index (χ1) is 11.9. The zero-order valence-electron chi connectivity index (χ0n) is 14.3. The molecule has 0 N–H and O–H groups in total. The van der Waals surface area contributed by atoms with Gasteiger partial charge in [0.05, 0.1) is 12.7 Å². The second-order valence-corrected chi connectivity index (χ2v) is 7.18. The van der Waals surface area contributed by atoms with Gasteiger partial charge in [0.15, 0.2) is 0 Å². The molecule has 1 fully saturated rings. The summed E-state index contributed by atoms with van der Waals surface area (Å²) in [5, 5.41) is 0. The summed E-state index contributed by atoms with van der Waals surface area (Å²) in [6.45, 7) is 0.781. The first-order valence-electron chi connectivity index (χ1n) is 9.30. The van der Waals surface area contributed by atoms with E-state index in [1.807, 2.05) is 0 Å². The Morgan fingerprint density at radius 2 is 1.50 bits per heavy atom. The average Bonchev–Trinajstić information content (AvgIpc) is 2.70. The van der Waals surface area contributed by atoms with Crippen molar-refractivity contribution in [2.24, 2.45) is 0 Å². The summed E-state index contributed by atoms with van der Waals surface area (Å²) in [5.41, 5.74) is 4.31. The van der Waals surface area contributed by atoms with Gasteiger partial charge in [-0.05, 0) is 55.2 Å². The first-order valence-corrected chi connectivity index (χ1v) is 9.30. The van der Waals surface area contributed by atoms with E-state index in [-0.39, 0.29) is 5.41 Å². The molecular weight excluding hydrogens is 292 g/mol. The third kappa shape index (κ3) is 2.93. The maximum absolute atomic E-state index is 6.47. The molecule has 0 amide bonds. The SMILES string of the molecule is C1=C(C2CCC(c3ccccc3)(c3ccccc3)CO2)CCCC1. The van der Waals surface area contributed by atoms with Crippen LogP contribution in [0.5, 0.6) is 0 Å². The molecule has 0 radical (unpaired) electrons. The molecule has 2 aliphatic rings. The molecule has 4 rings (SSSR count). The Balaban J connectivity index is 1.63. The zero-order valence-corrected chi connectivity index (χ0v) is 14.3. The summed E-state index contributed by atoms with van der Waals surface area (Å²) < 4.78 is 6.47. The summed E-state index contributed by atoms with van der Waals surface area (Å²) in [5.74, 6) is 0. The van der Waals surface area contributed by atoms with Crippen molar-refractivity contribution < 1.29 is 4.74 Å². The number of hydrogen-bond donors (Lipinski definition) is 0. The van der Waals surface area contributed by atoms with E-state index in [1.54, 1.807) is 5.57 Å².